The summed E-state index contributed by atoms with van der Waals surface area (Å²) < 4.78 is 29.4. The van der Waals surface area contributed by atoms with Crippen molar-refractivity contribution in [2.24, 2.45) is 0 Å². The van der Waals surface area contributed by atoms with Crippen molar-refractivity contribution in [1.82, 2.24) is 9.66 Å². The van der Waals surface area contributed by atoms with Crippen LogP contribution in [0.3, 0.4) is 0 Å². The van der Waals surface area contributed by atoms with Crippen LogP contribution in [-0.4, -0.2) is 22.6 Å². The molecule has 1 rings (SSSR count). The quantitative estimate of drug-likeness (QED) is 0.560. The van der Waals surface area contributed by atoms with Gasteiger partial charge in [0.25, 0.3) is 0 Å². The number of hydrogen-bond acceptors (Lipinski definition) is 3. The van der Waals surface area contributed by atoms with Crippen LogP contribution in [0, 0.1) is 0 Å². The Morgan fingerprint density at radius 1 is 1.60 bits per heavy atom. The minimum atomic E-state index is -4.17. The molecule has 0 fully saturated rings. The van der Waals surface area contributed by atoms with Crippen LogP contribution in [0.4, 0.5) is 0 Å². The van der Waals surface area contributed by atoms with Crippen molar-refractivity contribution in [3.8, 4) is 0 Å². The van der Waals surface area contributed by atoms with Crippen LogP contribution in [0.25, 0.3) is 0 Å². The highest BCUT2D eigenvalue weighted by Crippen LogP contribution is 1.82. The van der Waals surface area contributed by atoms with Crippen LogP contribution < -0.4 is 4.83 Å². The molecular weight excluding hydrogens is 158 g/mol. The summed E-state index contributed by atoms with van der Waals surface area (Å²) in [4.78, 5) is 5.27. The summed E-state index contributed by atoms with van der Waals surface area (Å²) in [6, 6.07) is 0. The van der Waals surface area contributed by atoms with Gasteiger partial charge < -0.3 is 0 Å². The fourth-order valence-electron chi connectivity index (χ4n) is 0.446. The molecule has 10 heavy (non-hydrogen) atoms. The summed E-state index contributed by atoms with van der Waals surface area (Å²) in [5.74, 6) is 0. The van der Waals surface area contributed by atoms with E-state index in [1.807, 2.05) is 0 Å². The first kappa shape index (κ1) is 7.03. The second-order valence-electron chi connectivity index (χ2n) is 1.54. The average Bonchev–Trinajstić information content (AvgIpc) is 2.12. The standard InChI is InChI=1S/C3H5N3O3S/c7-10(8,9)5-6-2-1-4-3-6/h1-3,5H,(H,7,8,9). The second kappa shape index (κ2) is 2.27. The third-order valence-corrected chi connectivity index (χ3v) is 1.17. The van der Waals surface area contributed by atoms with Crippen LogP contribution in [0.5, 0.6) is 0 Å². The van der Waals surface area contributed by atoms with Crippen molar-refractivity contribution in [3.05, 3.63) is 18.7 Å². The first-order valence-corrected chi connectivity index (χ1v) is 3.75. The molecule has 0 radical (unpaired) electrons. The fourth-order valence-corrected chi connectivity index (χ4v) is 0.821. The molecule has 0 bridgehead atoms. The van der Waals surface area contributed by atoms with Crippen LogP contribution in [-0.2, 0) is 10.3 Å². The van der Waals surface area contributed by atoms with Gasteiger partial charge in [-0.05, 0) is 0 Å². The normalized spacial score (nSPS) is 11.3. The molecule has 0 aromatic carbocycles. The van der Waals surface area contributed by atoms with Gasteiger partial charge in [0.05, 0.1) is 0 Å². The molecule has 0 saturated carbocycles. The summed E-state index contributed by atoms with van der Waals surface area (Å²) in [6.07, 6.45) is 3.92. The van der Waals surface area contributed by atoms with E-state index in [4.69, 9.17) is 4.55 Å². The molecule has 0 saturated heterocycles. The minimum Gasteiger partial charge on any atom is -0.268 e. The highest BCUT2D eigenvalue weighted by Gasteiger charge is 2.00. The van der Waals surface area contributed by atoms with E-state index in [9.17, 15) is 8.42 Å². The van der Waals surface area contributed by atoms with E-state index in [1.54, 1.807) is 4.83 Å². The Hall–Kier alpha value is -1.08. The highest BCUT2D eigenvalue weighted by atomic mass is 32.2. The molecule has 56 valence electrons. The number of rotatable bonds is 2. The first-order valence-electron chi connectivity index (χ1n) is 2.31. The lowest BCUT2D eigenvalue weighted by Crippen LogP contribution is -2.20. The topological polar surface area (TPSA) is 84.2 Å². The zero-order valence-corrected chi connectivity index (χ0v) is 5.61. The molecular formula is C3H5N3O3S. The number of aromatic nitrogens is 2. The summed E-state index contributed by atoms with van der Waals surface area (Å²) in [7, 11) is -4.17. The van der Waals surface area contributed by atoms with Gasteiger partial charge in [-0.1, -0.05) is 0 Å². The van der Waals surface area contributed by atoms with Crippen LogP contribution >= 0.6 is 0 Å². The Bertz CT molecular complexity index is 289. The van der Waals surface area contributed by atoms with E-state index < -0.39 is 10.3 Å². The van der Waals surface area contributed by atoms with Gasteiger partial charge in [0.1, 0.15) is 6.33 Å². The SMILES string of the molecule is O=S(=O)(O)Nn1ccnc1. The largest absolute Gasteiger partial charge is 0.371 e. The van der Waals surface area contributed by atoms with E-state index in [1.165, 1.54) is 18.7 Å². The predicted octanol–water partition coefficient (Wildman–Crippen LogP) is -0.771. The molecule has 1 aromatic rings. The minimum absolute atomic E-state index is 1.01. The summed E-state index contributed by atoms with van der Waals surface area (Å²) in [5.41, 5.74) is 0. The maximum absolute atomic E-state index is 10.1. The summed E-state index contributed by atoms with van der Waals surface area (Å²) >= 11 is 0. The highest BCUT2D eigenvalue weighted by molar-refractivity contribution is 7.86. The van der Waals surface area contributed by atoms with Gasteiger partial charge in [-0.2, -0.15) is 13.2 Å². The second-order valence-corrected chi connectivity index (χ2v) is 2.67. The van der Waals surface area contributed by atoms with Crippen molar-refractivity contribution >= 4 is 10.3 Å². The molecule has 2 N–H and O–H groups in total. The Kier molecular flexibility index (Phi) is 1.60. The van der Waals surface area contributed by atoms with Gasteiger partial charge >= 0.3 is 10.3 Å². The lowest BCUT2D eigenvalue weighted by atomic mass is 11.0. The summed E-state index contributed by atoms with van der Waals surface area (Å²) in [5, 5.41) is 0. The first-order chi connectivity index (χ1) is 4.58. The molecule has 0 aliphatic heterocycles. The van der Waals surface area contributed by atoms with Crippen LogP contribution in [0.1, 0.15) is 0 Å². The lowest BCUT2D eigenvalue weighted by Gasteiger charge is -1.99. The number of imidazole rings is 1. The zero-order chi connectivity index (χ0) is 7.61. The van der Waals surface area contributed by atoms with Crippen LogP contribution in [0.15, 0.2) is 18.7 Å². The number of hydrogen-bond donors (Lipinski definition) is 2. The monoisotopic (exact) mass is 163 g/mol. The smallest absolute Gasteiger partial charge is 0.268 e. The van der Waals surface area contributed by atoms with E-state index >= 15 is 0 Å². The maximum atomic E-state index is 10.1. The summed E-state index contributed by atoms with van der Waals surface area (Å²) in [6.45, 7) is 0. The van der Waals surface area contributed by atoms with Gasteiger partial charge in [0.2, 0.25) is 0 Å². The van der Waals surface area contributed by atoms with Crippen molar-refractivity contribution in [3.63, 3.8) is 0 Å². The van der Waals surface area contributed by atoms with E-state index in [2.05, 4.69) is 4.98 Å². The van der Waals surface area contributed by atoms with Gasteiger partial charge in [-0.25, -0.2) is 9.66 Å². The van der Waals surface area contributed by atoms with E-state index in [0.29, 0.717) is 0 Å². The predicted molar refractivity (Wildman–Crippen MR) is 33.1 cm³/mol. The molecule has 0 unspecified atom stereocenters. The zero-order valence-electron chi connectivity index (χ0n) is 4.80. The van der Waals surface area contributed by atoms with E-state index in [0.717, 1.165) is 4.68 Å². The van der Waals surface area contributed by atoms with Gasteiger partial charge in [-0.3, -0.25) is 4.55 Å². The molecule has 0 aliphatic rings. The van der Waals surface area contributed by atoms with E-state index in [-0.39, 0.29) is 0 Å². The fraction of sp³-hybridized carbons (Fsp3) is 0. The molecule has 1 heterocycles. The van der Waals surface area contributed by atoms with Gasteiger partial charge in [-0.15, -0.1) is 0 Å². The van der Waals surface area contributed by atoms with Crippen molar-refractivity contribution in [1.29, 1.82) is 0 Å². The third kappa shape index (κ3) is 2.03. The molecule has 0 atom stereocenters. The van der Waals surface area contributed by atoms with Crippen molar-refractivity contribution < 1.29 is 13.0 Å². The van der Waals surface area contributed by atoms with Crippen LogP contribution in [0.2, 0.25) is 0 Å². The van der Waals surface area contributed by atoms with Gasteiger partial charge in [0, 0.05) is 12.4 Å². The molecule has 7 heteroatoms. The van der Waals surface area contributed by atoms with Gasteiger partial charge in [0.15, 0.2) is 0 Å². The Balaban J connectivity index is 2.75. The molecule has 0 amide bonds. The molecule has 6 nitrogen and oxygen atoms in total. The molecule has 0 aliphatic carbocycles. The number of nitrogens with one attached hydrogen (secondary N) is 1. The molecule has 0 spiro atoms. The Morgan fingerprint density at radius 3 is 2.70 bits per heavy atom. The maximum Gasteiger partial charge on any atom is 0.371 e. The molecule has 1 aromatic heterocycles. The van der Waals surface area contributed by atoms with Crippen molar-refractivity contribution in [2.75, 3.05) is 4.83 Å². The van der Waals surface area contributed by atoms with Crippen molar-refractivity contribution in [2.45, 2.75) is 0 Å². The Morgan fingerprint density at radius 2 is 2.30 bits per heavy atom. The third-order valence-electron chi connectivity index (χ3n) is 0.725. The number of nitrogens with zero attached hydrogens (tertiary/aromatic N) is 2. The lowest BCUT2D eigenvalue weighted by molar-refractivity contribution is 0.483. The Labute approximate surface area is 57.4 Å². The average molecular weight is 163 g/mol.